The number of amides is 2. The summed E-state index contributed by atoms with van der Waals surface area (Å²) in [5, 5.41) is 7.08. The number of hydrogen-bond acceptors (Lipinski definition) is 4. The Morgan fingerprint density at radius 1 is 1.00 bits per heavy atom. The van der Waals surface area contributed by atoms with Crippen LogP contribution in [0, 0.1) is 0 Å². The molecule has 0 unspecified atom stereocenters. The first-order valence-electron chi connectivity index (χ1n) is 9.24. The summed E-state index contributed by atoms with van der Waals surface area (Å²) in [5.74, 6) is -0.607. The lowest BCUT2D eigenvalue weighted by Gasteiger charge is -2.20. The lowest BCUT2D eigenvalue weighted by Crippen LogP contribution is -2.21. The van der Waals surface area contributed by atoms with Gasteiger partial charge in [0, 0.05) is 31.6 Å². The SMILES string of the molecule is CCN(CC)c1ccc(C=NNC(=O)CCC(=O)Nc2ccccc2Cl)cc1. The van der Waals surface area contributed by atoms with Crippen LogP contribution in [0.3, 0.4) is 0 Å². The van der Waals surface area contributed by atoms with Gasteiger partial charge in [-0.05, 0) is 43.7 Å². The number of para-hydroxylation sites is 1. The number of hydrogen-bond donors (Lipinski definition) is 2. The van der Waals surface area contributed by atoms with Crippen molar-refractivity contribution in [3.05, 3.63) is 59.1 Å². The standard InChI is InChI=1S/C21H25ClN4O2/c1-3-26(4-2)17-11-9-16(10-12-17)15-23-25-21(28)14-13-20(27)24-19-8-6-5-7-18(19)22/h5-12,15H,3-4,13-14H2,1-2H3,(H,24,27)(H,25,28). The maximum atomic E-state index is 11.9. The quantitative estimate of drug-likeness (QED) is 0.492. The summed E-state index contributed by atoms with van der Waals surface area (Å²) in [6.45, 7) is 6.13. The predicted molar refractivity (Wildman–Crippen MR) is 115 cm³/mol. The van der Waals surface area contributed by atoms with Crippen LogP contribution in [0.2, 0.25) is 5.02 Å². The maximum Gasteiger partial charge on any atom is 0.240 e. The van der Waals surface area contributed by atoms with Gasteiger partial charge < -0.3 is 10.2 Å². The number of carbonyl (C=O) groups excluding carboxylic acids is 2. The first-order chi connectivity index (χ1) is 13.5. The number of rotatable bonds is 9. The van der Waals surface area contributed by atoms with Crippen molar-refractivity contribution in [2.45, 2.75) is 26.7 Å². The summed E-state index contributed by atoms with van der Waals surface area (Å²) in [7, 11) is 0. The van der Waals surface area contributed by atoms with Crippen LogP contribution in [0.25, 0.3) is 0 Å². The van der Waals surface area contributed by atoms with E-state index in [1.54, 1.807) is 30.5 Å². The van der Waals surface area contributed by atoms with Crippen LogP contribution < -0.4 is 15.6 Å². The third kappa shape index (κ3) is 6.70. The molecule has 2 N–H and O–H groups in total. The smallest absolute Gasteiger partial charge is 0.240 e. The van der Waals surface area contributed by atoms with Crippen LogP contribution in [0.1, 0.15) is 32.3 Å². The van der Waals surface area contributed by atoms with Crippen LogP contribution >= 0.6 is 11.6 Å². The number of benzene rings is 2. The molecule has 0 saturated carbocycles. The number of nitrogens with one attached hydrogen (secondary N) is 2. The van der Waals surface area contributed by atoms with E-state index in [1.807, 2.05) is 24.3 Å². The van der Waals surface area contributed by atoms with E-state index < -0.39 is 0 Å². The van der Waals surface area contributed by atoms with E-state index in [2.05, 4.69) is 34.6 Å². The Balaban J connectivity index is 1.76. The Bertz CT molecular complexity index is 817. The second-order valence-electron chi connectivity index (χ2n) is 6.09. The van der Waals surface area contributed by atoms with E-state index in [-0.39, 0.29) is 24.7 Å². The Kier molecular flexibility index (Phi) is 8.49. The molecule has 0 bridgehead atoms. The highest BCUT2D eigenvalue weighted by atomic mass is 35.5. The molecule has 0 spiro atoms. The van der Waals surface area contributed by atoms with Crippen molar-refractivity contribution in [1.29, 1.82) is 0 Å². The Hall–Kier alpha value is -2.86. The number of hydrazone groups is 1. The molecule has 6 nitrogen and oxygen atoms in total. The van der Waals surface area contributed by atoms with Gasteiger partial charge in [-0.2, -0.15) is 5.10 Å². The molecule has 0 atom stereocenters. The van der Waals surface area contributed by atoms with Gasteiger partial charge in [0.1, 0.15) is 0 Å². The van der Waals surface area contributed by atoms with E-state index in [1.165, 1.54) is 0 Å². The molecular formula is C21H25ClN4O2. The van der Waals surface area contributed by atoms with Crippen molar-refractivity contribution in [2.24, 2.45) is 5.10 Å². The van der Waals surface area contributed by atoms with Crippen molar-refractivity contribution < 1.29 is 9.59 Å². The third-order valence-corrected chi connectivity index (χ3v) is 4.48. The largest absolute Gasteiger partial charge is 0.372 e. The lowest BCUT2D eigenvalue weighted by molar-refractivity contribution is -0.124. The molecule has 7 heteroatoms. The molecule has 2 aromatic carbocycles. The number of carbonyl (C=O) groups is 2. The first kappa shape index (κ1) is 21.4. The minimum Gasteiger partial charge on any atom is -0.372 e. The summed E-state index contributed by atoms with van der Waals surface area (Å²) in [5.41, 5.74) is 4.99. The molecule has 2 amide bonds. The van der Waals surface area contributed by atoms with Gasteiger partial charge in [0.2, 0.25) is 11.8 Å². The fourth-order valence-corrected chi connectivity index (χ4v) is 2.78. The zero-order valence-electron chi connectivity index (χ0n) is 16.1. The molecule has 2 aromatic rings. The highest BCUT2D eigenvalue weighted by Crippen LogP contribution is 2.20. The molecule has 0 saturated heterocycles. The van der Waals surface area contributed by atoms with Gasteiger partial charge in [-0.25, -0.2) is 5.43 Å². The monoisotopic (exact) mass is 400 g/mol. The van der Waals surface area contributed by atoms with E-state index in [0.29, 0.717) is 10.7 Å². The second-order valence-corrected chi connectivity index (χ2v) is 6.49. The van der Waals surface area contributed by atoms with Gasteiger partial charge in [0.05, 0.1) is 16.9 Å². The summed E-state index contributed by atoms with van der Waals surface area (Å²) >= 11 is 5.99. The van der Waals surface area contributed by atoms with Gasteiger partial charge in [-0.15, -0.1) is 0 Å². The average molecular weight is 401 g/mol. The molecule has 148 valence electrons. The fraction of sp³-hybridized carbons (Fsp3) is 0.286. The maximum absolute atomic E-state index is 11.9. The van der Waals surface area contributed by atoms with Gasteiger partial charge in [-0.3, -0.25) is 9.59 Å². The minimum absolute atomic E-state index is 0.0362. The Morgan fingerprint density at radius 2 is 1.64 bits per heavy atom. The summed E-state index contributed by atoms with van der Waals surface area (Å²) in [4.78, 5) is 26.0. The molecular weight excluding hydrogens is 376 g/mol. The van der Waals surface area contributed by atoms with Gasteiger partial charge in [0.25, 0.3) is 0 Å². The second kappa shape index (κ2) is 11.1. The molecule has 0 fully saturated rings. The van der Waals surface area contributed by atoms with Crippen LogP contribution in [0.4, 0.5) is 11.4 Å². The van der Waals surface area contributed by atoms with E-state index >= 15 is 0 Å². The zero-order chi connectivity index (χ0) is 20.4. The normalized spacial score (nSPS) is 10.7. The van der Waals surface area contributed by atoms with E-state index in [4.69, 9.17) is 11.6 Å². The Morgan fingerprint density at radius 3 is 2.29 bits per heavy atom. The zero-order valence-corrected chi connectivity index (χ0v) is 16.9. The molecule has 0 heterocycles. The molecule has 0 aliphatic carbocycles. The molecule has 2 rings (SSSR count). The first-order valence-corrected chi connectivity index (χ1v) is 9.62. The molecule has 0 aliphatic heterocycles. The third-order valence-electron chi connectivity index (χ3n) is 4.15. The van der Waals surface area contributed by atoms with Crippen molar-refractivity contribution in [3.8, 4) is 0 Å². The predicted octanol–water partition coefficient (Wildman–Crippen LogP) is 4.06. The highest BCUT2D eigenvalue weighted by molar-refractivity contribution is 6.33. The van der Waals surface area contributed by atoms with E-state index in [0.717, 1.165) is 24.3 Å². The average Bonchev–Trinajstić information content (AvgIpc) is 2.70. The lowest BCUT2D eigenvalue weighted by atomic mass is 10.2. The van der Waals surface area contributed by atoms with Gasteiger partial charge >= 0.3 is 0 Å². The van der Waals surface area contributed by atoms with Gasteiger partial charge in [0.15, 0.2) is 0 Å². The van der Waals surface area contributed by atoms with Crippen LogP contribution in [0.15, 0.2) is 53.6 Å². The van der Waals surface area contributed by atoms with Crippen LogP contribution in [-0.2, 0) is 9.59 Å². The molecule has 0 aliphatic rings. The Labute approximate surface area is 170 Å². The van der Waals surface area contributed by atoms with Crippen molar-refractivity contribution in [1.82, 2.24) is 5.43 Å². The van der Waals surface area contributed by atoms with Crippen LogP contribution in [-0.4, -0.2) is 31.1 Å². The molecule has 28 heavy (non-hydrogen) atoms. The van der Waals surface area contributed by atoms with E-state index in [9.17, 15) is 9.59 Å². The molecule has 0 aromatic heterocycles. The fourth-order valence-electron chi connectivity index (χ4n) is 2.60. The van der Waals surface area contributed by atoms with Gasteiger partial charge in [-0.1, -0.05) is 35.9 Å². The summed E-state index contributed by atoms with van der Waals surface area (Å²) in [6, 6.07) is 14.9. The topological polar surface area (TPSA) is 73.8 Å². The molecule has 0 radical (unpaired) electrons. The minimum atomic E-state index is -0.328. The summed E-state index contributed by atoms with van der Waals surface area (Å²) in [6.07, 6.45) is 1.66. The van der Waals surface area contributed by atoms with Crippen molar-refractivity contribution >= 4 is 41.0 Å². The van der Waals surface area contributed by atoms with Crippen molar-refractivity contribution in [2.75, 3.05) is 23.3 Å². The van der Waals surface area contributed by atoms with Crippen molar-refractivity contribution in [3.63, 3.8) is 0 Å². The highest BCUT2D eigenvalue weighted by Gasteiger charge is 2.08. The number of anilines is 2. The number of nitrogens with zero attached hydrogens (tertiary/aromatic N) is 2. The van der Waals surface area contributed by atoms with Crippen LogP contribution in [0.5, 0.6) is 0 Å². The summed E-state index contributed by atoms with van der Waals surface area (Å²) < 4.78 is 0. The number of halogens is 1.